The fourth-order valence-electron chi connectivity index (χ4n) is 3.07. The van der Waals surface area contributed by atoms with Crippen molar-refractivity contribution >= 4 is 11.8 Å². The number of amides is 2. The van der Waals surface area contributed by atoms with Gasteiger partial charge in [-0.05, 0) is 37.4 Å². The highest BCUT2D eigenvalue weighted by Crippen LogP contribution is 2.19. The van der Waals surface area contributed by atoms with Crippen LogP contribution < -0.4 is 10.6 Å². The first-order valence-corrected chi connectivity index (χ1v) is 9.46. The molecule has 2 amide bonds. The minimum Gasteiger partial charge on any atom is -0.352 e. The van der Waals surface area contributed by atoms with Crippen molar-refractivity contribution in [2.75, 3.05) is 20.1 Å². The number of hydrogen-bond donors (Lipinski definition) is 2. The van der Waals surface area contributed by atoms with Crippen molar-refractivity contribution in [3.8, 4) is 0 Å². The Hall–Kier alpha value is -2.66. The third-order valence-corrected chi connectivity index (χ3v) is 4.59. The van der Waals surface area contributed by atoms with E-state index >= 15 is 0 Å². The first-order chi connectivity index (χ1) is 13.1. The van der Waals surface area contributed by atoms with E-state index in [1.165, 1.54) is 5.56 Å². The molecular weight excluding hydrogens is 338 g/mol. The number of carbonyl (C=O) groups is 2. The number of rotatable bonds is 9. The van der Waals surface area contributed by atoms with Gasteiger partial charge in [-0.3, -0.25) is 14.5 Å². The Morgan fingerprint density at radius 3 is 2.19 bits per heavy atom. The van der Waals surface area contributed by atoms with Crippen LogP contribution in [-0.4, -0.2) is 42.9 Å². The van der Waals surface area contributed by atoms with E-state index in [9.17, 15) is 9.59 Å². The number of nitrogens with one attached hydrogen (secondary N) is 2. The fraction of sp³-hybridized carbons (Fsp3) is 0.364. The van der Waals surface area contributed by atoms with E-state index in [2.05, 4.69) is 22.8 Å². The smallest absolute Gasteiger partial charge is 0.234 e. The molecule has 1 aliphatic rings. The summed E-state index contributed by atoms with van der Waals surface area (Å²) >= 11 is 0. The number of carbonyl (C=O) groups excluding carboxylic acids is 2. The molecule has 0 saturated heterocycles. The van der Waals surface area contributed by atoms with Crippen molar-refractivity contribution in [1.29, 1.82) is 0 Å². The molecule has 0 aromatic heterocycles. The van der Waals surface area contributed by atoms with Gasteiger partial charge in [0.05, 0.1) is 19.1 Å². The van der Waals surface area contributed by atoms with Gasteiger partial charge in [0.15, 0.2) is 0 Å². The van der Waals surface area contributed by atoms with Crippen LogP contribution in [0.2, 0.25) is 0 Å². The van der Waals surface area contributed by atoms with Crippen LogP contribution in [0.5, 0.6) is 0 Å². The molecule has 142 valence electrons. The Morgan fingerprint density at radius 2 is 1.56 bits per heavy atom. The summed E-state index contributed by atoms with van der Waals surface area (Å²) in [6, 6.07) is 20.4. The van der Waals surface area contributed by atoms with Gasteiger partial charge in [0.2, 0.25) is 11.8 Å². The zero-order valence-corrected chi connectivity index (χ0v) is 15.7. The lowest BCUT2D eigenvalue weighted by atomic mass is 9.99. The number of benzene rings is 2. The summed E-state index contributed by atoms with van der Waals surface area (Å²) in [4.78, 5) is 26.2. The zero-order valence-electron chi connectivity index (χ0n) is 15.7. The van der Waals surface area contributed by atoms with Crippen LogP contribution in [0.25, 0.3) is 0 Å². The van der Waals surface area contributed by atoms with Crippen molar-refractivity contribution in [1.82, 2.24) is 15.5 Å². The summed E-state index contributed by atoms with van der Waals surface area (Å²) in [5.41, 5.74) is 2.24. The van der Waals surface area contributed by atoms with E-state index in [1.54, 1.807) is 11.9 Å². The van der Waals surface area contributed by atoms with Gasteiger partial charge in [0.1, 0.15) is 0 Å². The molecule has 2 N–H and O–H groups in total. The zero-order chi connectivity index (χ0) is 19.1. The number of likely N-dealkylation sites (N-methyl/N-ethyl adjacent to an activating group) is 1. The monoisotopic (exact) mass is 365 g/mol. The molecule has 1 fully saturated rings. The average molecular weight is 365 g/mol. The highest BCUT2D eigenvalue weighted by atomic mass is 16.2. The second kappa shape index (κ2) is 9.33. The van der Waals surface area contributed by atoms with Crippen molar-refractivity contribution in [3.05, 3.63) is 71.8 Å². The van der Waals surface area contributed by atoms with Gasteiger partial charge in [-0.25, -0.2) is 0 Å². The third kappa shape index (κ3) is 6.53. The van der Waals surface area contributed by atoms with Crippen molar-refractivity contribution in [2.24, 2.45) is 0 Å². The van der Waals surface area contributed by atoms with Crippen LogP contribution in [0.3, 0.4) is 0 Å². The summed E-state index contributed by atoms with van der Waals surface area (Å²) < 4.78 is 0. The van der Waals surface area contributed by atoms with Crippen molar-refractivity contribution in [3.63, 3.8) is 0 Å². The molecule has 0 bridgehead atoms. The topological polar surface area (TPSA) is 61.4 Å². The van der Waals surface area contributed by atoms with Crippen LogP contribution in [0, 0.1) is 0 Å². The van der Waals surface area contributed by atoms with E-state index in [0.29, 0.717) is 6.04 Å². The maximum absolute atomic E-state index is 12.6. The molecule has 1 saturated carbocycles. The average Bonchev–Trinajstić information content (AvgIpc) is 3.46. The molecule has 0 radical (unpaired) electrons. The second-order valence-corrected chi connectivity index (χ2v) is 7.23. The van der Waals surface area contributed by atoms with E-state index in [1.807, 2.05) is 48.5 Å². The van der Waals surface area contributed by atoms with E-state index in [4.69, 9.17) is 0 Å². The predicted molar refractivity (Wildman–Crippen MR) is 106 cm³/mol. The van der Waals surface area contributed by atoms with E-state index in [0.717, 1.165) is 24.8 Å². The molecule has 1 atom stereocenters. The van der Waals surface area contributed by atoms with Gasteiger partial charge >= 0.3 is 0 Å². The van der Waals surface area contributed by atoms with Crippen LogP contribution in [-0.2, 0) is 16.0 Å². The maximum atomic E-state index is 12.6. The quantitative estimate of drug-likeness (QED) is 0.717. The maximum Gasteiger partial charge on any atom is 0.234 e. The summed E-state index contributed by atoms with van der Waals surface area (Å²) in [7, 11) is 1.79. The number of nitrogens with zero attached hydrogens (tertiary/aromatic N) is 1. The second-order valence-electron chi connectivity index (χ2n) is 7.23. The fourth-order valence-corrected chi connectivity index (χ4v) is 3.07. The minimum atomic E-state index is -0.102. The molecule has 1 aliphatic carbocycles. The van der Waals surface area contributed by atoms with Gasteiger partial charge in [-0.2, -0.15) is 0 Å². The highest BCUT2D eigenvalue weighted by Gasteiger charge is 2.24. The summed E-state index contributed by atoms with van der Waals surface area (Å²) in [5, 5.41) is 6.07. The van der Waals surface area contributed by atoms with Gasteiger partial charge in [0.25, 0.3) is 0 Å². The first kappa shape index (κ1) is 19.1. The summed E-state index contributed by atoms with van der Waals surface area (Å²) in [6.07, 6.45) is 2.85. The molecule has 5 nitrogen and oxygen atoms in total. The van der Waals surface area contributed by atoms with Crippen LogP contribution in [0.1, 0.15) is 30.0 Å². The summed E-state index contributed by atoms with van der Waals surface area (Å²) in [5.74, 6) is -0.0989. The molecule has 0 unspecified atom stereocenters. The van der Waals surface area contributed by atoms with Gasteiger partial charge in [-0.1, -0.05) is 60.7 Å². The molecule has 0 heterocycles. The van der Waals surface area contributed by atoms with Gasteiger partial charge < -0.3 is 10.6 Å². The molecule has 2 aromatic carbocycles. The van der Waals surface area contributed by atoms with Crippen LogP contribution >= 0.6 is 0 Å². The Labute approximate surface area is 160 Å². The normalized spacial score (nSPS) is 14.6. The molecule has 2 aromatic rings. The lowest BCUT2D eigenvalue weighted by Crippen LogP contribution is -2.42. The Morgan fingerprint density at radius 1 is 0.963 bits per heavy atom. The predicted octanol–water partition coefficient (Wildman–Crippen LogP) is 2.30. The Kier molecular flexibility index (Phi) is 6.60. The lowest BCUT2D eigenvalue weighted by molar-refractivity contribution is -0.125. The SMILES string of the molecule is CN(CC(=O)NC1CC1)CC(=O)N[C@@H](Cc1ccccc1)c1ccccc1. The molecule has 0 aliphatic heterocycles. The minimum absolute atomic E-state index is 0.0169. The first-order valence-electron chi connectivity index (χ1n) is 9.46. The van der Waals surface area contributed by atoms with Crippen molar-refractivity contribution < 1.29 is 9.59 Å². The third-order valence-electron chi connectivity index (χ3n) is 4.59. The molecule has 3 rings (SSSR count). The standard InChI is InChI=1S/C22H27N3O2/c1-25(15-21(26)23-19-12-13-19)16-22(27)24-20(18-10-6-3-7-11-18)14-17-8-4-2-5-9-17/h2-11,19-20H,12-16H2,1H3,(H,23,26)(H,24,27)/t20-/m0/s1. The van der Waals surface area contributed by atoms with Crippen molar-refractivity contribution in [2.45, 2.75) is 31.3 Å². The largest absolute Gasteiger partial charge is 0.352 e. The van der Waals surface area contributed by atoms with Crippen LogP contribution in [0.4, 0.5) is 0 Å². The van der Waals surface area contributed by atoms with Gasteiger partial charge in [-0.15, -0.1) is 0 Å². The Balaban J connectivity index is 1.57. The molecule has 5 heteroatoms. The summed E-state index contributed by atoms with van der Waals surface area (Å²) in [6.45, 7) is 0.425. The number of hydrogen-bond acceptors (Lipinski definition) is 3. The lowest BCUT2D eigenvalue weighted by Gasteiger charge is -2.22. The van der Waals surface area contributed by atoms with E-state index in [-0.39, 0.29) is 30.9 Å². The van der Waals surface area contributed by atoms with Crippen LogP contribution in [0.15, 0.2) is 60.7 Å². The molecular formula is C22H27N3O2. The van der Waals surface area contributed by atoms with E-state index < -0.39 is 0 Å². The Bertz CT molecular complexity index is 745. The molecule has 0 spiro atoms. The highest BCUT2D eigenvalue weighted by molar-refractivity contribution is 5.81. The van der Waals surface area contributed by atoms with Gasteiger partial charge in [0, 0.05) is 6.04 Å². The molecule has 27 heavy (non-hydrogen) atoms.